The molecule has 2 aromatic carbocycles. The van der Waals surface area contributed by atoms with Gasteiger partial charge in [0.1, 0.15) is 23.4 Å². The zero-order valence-corrected chi connectivity index (χ0v) is 14.2. The third-order valence-corrected chi connectivity index (χ3v) is 4.59. The van der Waals surface area contributed by atoms with Crippen LogP contribution in [0.15, 0.2) is 54.1 Å². The monoisotopic (exact) mass is 324 g/mol. The fourth-order valence-electron chi connectivity index (χ4n) is 3.46. The molecule has 1 heterocycles. The summed E-state index contributed by atoms with van der Waals surface area (Å²) in [6, 6.07) is 12.6. The third kappa shape index (κ3) is 3.56. The van der Waals surface area contributed by atoms with Gasteiger partial charge in [-0.3, -0.25) is 0 Å². The predicted octanol–water partition coefficient (Wildman–Crippen LogP) is 5.45. The molecule has 1 unspecified atom stereocenters. The lowest BCUT2D eigenvalue weighted by Crippen LogP contribution is -2.19. The van der Waals surface area contributed by atoms with Crippen molar-refractivity contribution in [2.75, 3.05) is 0 Å². The van der Waals surface area contributed by atoms with E-state index < -0.39 is 0 Å². The smallest absolute Gasteiger partial charge is 0.124 e. The second-order valence-electron chi connectivity index (χ2n) is 6.52. The first kappa shape index (κ1) is 16.4. The highest BCUT2D eigenvalue weighted by molar-refractivity contribution is 5.45. The highest BCUT2D eigenvalue weighted by Gasteiger charge is 2.29. The number of fused-ring (bicyclic) bond motifs is 1. The normalized spacial score (nSPS) is 20.3. The summed E-state index contributed by atoms with van der Waals surface area (Å²) in [6.45, 7) is 4.31. The maximum absolute atomic E-state index is 9.86. The Hall–Kier alpha value is -2.42. The molecule has 1 aliphatic heterocycles. The van der Waals surface area contributed by atoms with E-state index in [2.05, 4.69) is 19.9 Å². The van der Waals surface area contributed by atoms with Gasteiger partial charge in [0.05, 0.1) is 0 Å². The molecule has 0 bridgehead atoms. The number of aromatic hydroxyl groups is 2. The number of rotatable bonds is 4. The molecule has 0 saturated heterocycles. The number of phenols is 2. The van der Waals surface area contributed by atoms with Crippen molar-refractivity contribution in [3.63, 3.8) is 0 Å². The van der Waals surface area contributed by atoms with Crippen LogP contribution in [0.5, 0.6) is 17.2 Å². The number of benzene rings is 2. The number of ether oxygens (including phenoxy) is 1. The van der Waals surface area contributed by atoms with Crippen LogP contribution in [0.4, 0.5) is 0 Å². The van der Waals surface area contributed by atoms with Crippen LogP contribution >= 0.6 is 0 Å². The predicted molar refractivity (Wildman–Crippen MR) is 95.6 cm³/mol. The first-order chi connectivity index (χ1) is 11.6. The van der Waals surface area contributed by atoms with Crippen LogP contribution < -0.4 is 4.74 Å². The van der Waals surface area contributed by atoms with Crippen LogP contribution in [0.25, 0.3) is 0 Å². The van der Waals surface area contributed by atoms with Gasteiger partial charge in [-0.1, -0.05) is 30.7 Å². The summed E-state index contributed by atoms with van der Waals surface area (Å²) in [7, 11) is 0. The van der Waals surface area contributed by atoms with Gasteiger partial charge in [-0.2, -0.15) is 0 Å². The first-order valence-corrected chi connectivity index (χ1v) is 8.51. The summed E-state index contributed by atoms with van der Waals surface area (Å²) in [5, 5.41) is 19.4. The lowest BCUT2D eigenvalue weighted by molar-refractivity contribution is 0.159. The van der Waals surface area contributed by atoms with Gasteiger partial charge >= 0.3 is 0 Å². The zero-order chi connectivity index (χ0) is 17.1. The van der Waals surface area contributed by atoms with E-state index in [4.69, 9.17) is 4.74 Å². The topological polar surface area (TPSA) is 49.7 Å². The summed E-state index contributed by atoms with van der Waals surface area (Å²) in [5.74, 6) is 1.69. The molecule has 0 spiro atoms. The Kier molecular flexibility index (Phi) is 4.79. The van der Waals surface area contributed by atoms with Crippen molar-refractivity contribution in [3.05, 3.63) is 65.2 Å². The largest absolute Gasteiger partial charge is 0.508 e. The lowest BCUT2D eigenvalue weighted by atomic mass is 9.83. The lowest BCUT2D eigenvalue weighted by Gasteiger charge is -2.33. The molecule has 2 aromatic rings. The molecule has 0 aliphatic carbocycles. The molecule has 2 N–H and O–H groups in total. The Morgan fingerprint density at radius 3 is 2.54 bits per heavy atom. The molecule has 2 atom stereocenters. The van der Waals surface area contributed by atoms with Crippen LogP contribution in [0.1, 0.15) is 56.3 Å². The molecule has 3 heteroatoms. The maximum atomic E-state index is 9.86. The minimum Gasteiger partial charge on any atom is -0.508 e. The van der Waals surface area contributed by atoms with E-state index in [1.165, 1.54) is 5.57 Å². The molecule has 0 radical (unpaired) electrons. The van der Waals surface area contributed by atoms with Crippen LogP contribution in [0, 0.1) is 0 Å². The van der Waals surface area contributed by atoms with E-state index in [1.54, 1.807) is 18.2 Å². The summed E-state index contributed by atoms with van der Waals surface area (Å²) in [5.41, 5.74) is 3.51. The summed E-state index contributed by atoms with van der Waals surface area (Å²) < 4.78 is 6.17. The standard InChI is InChI=1S/C21H24O3/c1-3-4-14(2)11-16-12-21(15-5-7-17(22)8-6-15)24-20-10-9-18(23)13-19(16)20/h4-10,13,16,21-23H,3,11-12H2,1-2H3/b14-4+/t16-,21?/m1/s1. The third-order valence-electron chi connectivity index (χ3n) is 4.59. The summed E-state index contributed by atoms with van der Waals surface area (Å²) in [6.07, 6.45) is 5.07. The van der Waals surface area contributed by atoms with Gasteiger partial charge in [-0.15, -0.1) is 0 Å². The highest BCUT2D eigenvalue weighted by Crippen LogP contribution is 2.45. The van der Waals surface area contributed by atoms with E-state index in [9.17, 15) is 10.2 Å². The fraction of sp³-hybridized carbons (Fsp3) is 0.333. The number of phenolic OH excluding ortho intramolecular Hbond substituents is 2. The Balaban J connectivity index is 1.93. The van der Waals surface area contributed by atoms with Gasteiger partial charge in [0.15, 0.2) is 0 Å². The van der Waals surface area contributed by atoms with Gasteiger partial charge in [0.25, 0.3) is 0 Å². The maximum Gasteiger partial charge on any atom is 0.124 e. The number of hydrogen-bond acceptors (Lipinski definition) is 3. The van der Waals surface area contributed by atoms with Crippen LogP contribution in [0.3, 0.4) is 0 Å². The second-order valence-corrected chi connectivity index (χ2v) is 6.52. The van der Waals surface area contributed by atoms with Crippen LogP contribution in [-0.4, -0.2) is 10.2 Å². The Morgan fingerprint density at radius 2 is 1.83 bits per heavy atom. The molecule has 0 amide bonds. The average molecular weight is 324 g/mol. The Labute approximate surface area is 143 Å². The Bertz CT molecular complexity index is 731. The van der Waals surface area contributed by atoms with E-state index in [0.29, 0.717) is 5.92 Å². The van der Waals surface area contributed by atoms with Crippen molar-refractivity contribution in [1.29, 1.82) is 0 Å². The fourth-order valence-corrected chi connectivity index (χ4v) is 3.46. The van der Waals surface area contributed by atoms with Crippen molar-refractivity contribution in [3.8, 4) is 17.2 Å². The van der Waals surface area contributed by atoms with Crippen molar-refractivity contribution >= 4 is 0 Å². The Morgan fingerprint density at radius 1 is 1.12 bits per heavy atom. The molecule has 24 heavy (non-hydrogen) atoms. The molecule has 3 rings (SSSR count). The quantitative estimate of drug-likeness (QED) is 0.735. The van der Waals surface area contributed by atoms with Gasteiger partial charge < -0.3 is 14.9 Å². The first-order valence-electron chi connectivity index (χ1n) is 8.51. The van der Waals surface area contributed by atoms with Crippen molar-refractivity contribution < 1.29 is 14.9 Å². The second kappa shape index (κ2) is 7.00. The molecule has 126 valence electrons. The van der Waals surface area contributed by atoms with Gasteiger partial charge in [0, 0.05) is 5.56 Å². The molecule has 0 fully saturated rings. The zero-order valence-electron chi connectivity index (χ0n) is 14.2. The van der Waals surface area contributed by atoms with E-state index in [1.807, 2.05) is 24.3 Å². The molecule has 0 aromatic heterocycles. The van der Waals surface area contributed by atoms with Crippen molar-refractivity contribution in [1.82, 2.24) is 0 Å². The number of allylic oxidation sites excluding steroid dienone is 2. The van der Waals surface area contributed by atoms with Crippen LogP contribution in [-0.2, 0) is 0 Å². The molecule has 1 aliphatic rings. The van der Waals surface area contributed by atoms with Gasteiger partial charge in [0.2, 0.25) is 0 Å². The molecule has 0 saturated carbocycles. The van der Waals surface area contributed by atoms with Gasteiger partial charge in [-0.05, 0) is 68.0 Å². The van der Waals surface area contributed by atoms with E-state index >= 15 is 0 Å². The SMILES string of the molecule is CC/C=C(\C)C[C@@H]1CC(c2ccc(O)cc2)Oc2ccc(O)cc21. The summed E-state index contributed by atoms with van der Waals surface area (Å²) in [4.78, 5) is 0. The minimum atomic E-state index is -0.0398. The molecule has 3 nitrogen and oxygen atoms in total. The molecular formula is C21H24O3. The summed E-state index contributed by atoms with van der Waals surface area (Å²) >= 11 is 0. The number of hydrogen-bond donors (Lipinski definition) is 2. The average Bonchev–Trinajstić information content (AvgIpc) is 2.56. The highest BCUT2D eigenvalue weighted by atomic mass is 16.5. The van der Waals surface area contributed by atoms with E-state index in [0.717, 1.165) is 36.1 Å². The van der Waals surface area contributed by atoms with Crippen molar-refractivity contribution in [2.24, 2.45) is 0 Å². The molecular weight excluding hydrogens is 300 g/mol. The van der Waals surface area contributed by atoms with E-state index in [-0.39, 0.29) is 17.6 Å². The van der Waals surface area contributed by atoms with Gasteiger partial charge in [-0.25, -0.2) is 0 Å². The van der Waals surface area contributed by atoms with Crippen LogP contribution in [0.2, 0.25) is 0 Å². The van der Waals surface area contributed by atoms with Crippen molar-refractivity contribution in [2.45, 2.75) is 45.1 Å². The minimum absolute atomic E-state index is 0.0398.